The van der Waals surface area contributed by atoms with Gasteiger partial charge in [-0.15, -0.1) is 0 Å². The van der Waals surface area contributed by atoms with Gasteiger partial charge in [0.15, 0.2) is 0 Å². The van der Waals surface area contributed by atoms with Gasteiger partial charge in [0.05, 0.1) is 41.5 Å². The zero-order chi connectivity index (χ0) is 24.5. The molecule has 0 N–H and O–H groups in total. The second kappa shape index (κ2) is 9.02. The smallest absolute Gasteiger partial charge is 0.337 e. The average Bonchev–Trinajstić information content (AvgIpc) is 3.13. The second-order valence-electron chi connectivity index (χ2n) is 8.43. The van der Waals surface area contributed by atoms with E-state index in [1.807, 2.05) is 73.3 Å². The number of nitrogens with zero attached hydrogens (tertiary/aromatic N) is 4. The molecule has 0 saturated carbocycles. The standard InChI is InChI=1S/C28H24N4O3/c1-18-5-4-6-21(15-18)25-26(22-11-12-23-24(16-22)30-14-13-29-23)31(2)32(27(25)33)17-19-7-9-20(10-8-19)28(34)35-3/h4-16H,17H2,1-3H3. The number of rotatable bonds is 5. The molecule has 5 aromatic rings. The minimum Gasteiger partial charge on any atom is -0.465 e. The van der Waals surface area contributed by atoms with E-state index in [0.29, 0.717) is 17.7 Å². The zero-order valence-corrected chi connectivity index (χ0v) is 19.7. The van der Waals surface area contributed by atoms with E-state index >= 15 is 0 Å². The SMILES string of the molecule is COC(=O)c1ccc(Cn2c(=O)c(-c3cccc(C)c3)c(-c3ccc4nccnc4c3)n2C)cc1. The van der Waals surface area contributed by atoms with Crippen LogP contribution in [0.4, 0.5) is 0 Å². The molecule has 0 unspecified atom stereocenters. The first-order chi connectivity index (χ1) is 17.0. The maximum atomic E-state index is 13.8. The van der Waals surface area contributed by atoms with Crippen molar-refractivity contribution in [3.05, 3.63) is 106 Å². The van der Waals surface area contributed by atoms with Crippen molar-refractivity contribution < 1.29 is 9.53 Å². The maximum absolute atomic E-state index is 13.8. The van der Waals surface area contributed by atoms with Gasteiger partial charge in [0.1, 0.15) is 0 Å². The Morgan fingerprint density at radius 1 is 0.914 bits per heavy atom. The van der Waals surface area contributed by atoms with E-state index in [-0.39, 0.29) is 5.56 Å². The van der Waals surface area contributed by atoms with Gasteiger partial charge in [-0.05, 0) is 42.3 Å². The summed E-state index contributed by atoms with van der Waals surface area (Å²) in [5.74, 6) is -0.393. The Bertz CT molecular complexity index is 1610. The van der Waals surface area contributed by atoms with Crippen molar-refractivity contribution in [2.75, 3.05) is 7.11 Å². The van der Waals surface area contributed by atoms with Crippen molar-refractivity contribution in [3.63, 3.8) is 0 Å². The van der Waals surface area contributed by atoms with E-state index in [9.17, 15) is 9.59 Å². The first-order valence-corrected chi connectivity index (χ1v) is 11.2. The van der Waals surface area contributed by atoms with Crippen molar-refractivity contribution in [1.82, 2.24) is 19.3 Å². The summed E-state index contributed by atoms with van der Waals surface area (Å²) < 4.78 is 8.39. The van der Waals surface area contributed by atoms with Crippen molar-refractivity contribution in [1.29, 1.82) is 0 Å². The fraction of sp³-hybridized carbons (Fsp3) is 0.143. The number of methoxy groups -OCH3 is 1. The number of fused-ring (bicyclic) bond motifs is 1. The molecule has 0 spiro atoms. The zero-order valence-electron chi connectivity index (χ0n) is 19.7. The highest BCUT2D eigenvalue weighted by atomic mass is 16.5. The van der Waals surface area contributed by atoms with Crippen LogP contribution in [0.3, 0.4) is 0 Å². The molecule has 2 heterocycles. The third-order valence-corrected chi connectivity index (χ3v) is 6.13. The molecule has 0 saturated heterocycles. The predicted octanol–water partition coefficient (Wildman–Crippen LogP) is 4.61. The van der Waals surface area contributed by atoms with Crippen molar-refractivity contribution >= 4 is 17.0 Å². The van der Waals surface area contributed by atoms with Crippen LogP contribution in [-0.2, 0) is 18.3 Å². The molecule has 174 valence electrons. The Hall–Kier alpha value is -4.52. The van der Waals surface area contributed by atoms with E-state index < -0.39 is 5.97 Å². The fourth-order valence-electron chi connectivity index (χ4n) is 4.37. The molecule has 3 aromatic carbocycles. The maximum Gasteiger partial charge on any atom is 0.337 e. The predicted molar refractivity (Wildman–Crippen MR) is 135 cm³/mol. The molecule has 0 radical (unpaired) electrons. The van der Waals surface area contributed by atoms with E-state index in [1.54, 1.807) is 29.2 Å². The Morgan fingerprint density at radius 2 is 1.66 bits per heavy atom. The largest absolute Gasteiger partial charge is 0.465 e. The van der Waals surface area contributed by atoms with Crippen LogP contribution in [0.15, 0.2) is 83.9 Å². The van der Waals surface area contributed by atoms with E-state index in [2.05, 4.69) is 9.97 Å². The number of benzene rings is 3. The van der Waals surface area contributed by atoms with Crippen molar-refractivity contribution in [2.45, 2.75) is 13.5 Å². The van der Waals surface area contributed by atoms with E-state index in [0.717, 1.165) is 39.0 Å². The molecule has 0 aliphatic heterocycles. The summed E-state index contributed by atoms with van der Waals surface area (Å²) in [4.78, 5) is 34.4. The highest BCUT2D eigenvalue weighted by Crippen LogP contribution is 2.32. The van der Waals surface area contributed by atoms with Gasteiger partial charge in [-0.2, -0.15) is 0 Å². The number of aryl methyl sites for hydroxylation is 1. The third kappa shape index (κ3) is 4.12. The highest BCUT2D eigenvalue weighted by molar-refractivity contribution is 5.89. The summed E-state index contributed by atoms with van der Waals surface area (Å²) in [6.07, 6.45) is 3.33. The molecule has 0 bridgehead atoms. The number of hydrogen-bond donors (Lipinski definition) is 0. The van der Waals surface area contributed by atoms with Crippen LogP contribution in [0.1, 0.15) is 21.5 Å². The van der Waals surface area contributed by atoms with Gasteiger partial charge in [0.25, 0.3) is 5.56 Å². The van der Waals surface area contributed by atoms with Crippen LogP contribution < -0.4 is 5.56 Å². The summed E-state index contributed by atoms with van der Waals surface area (Å²) in [6.45, 7) is 2.36. The molecule has 7 heteroatoms. The summed E-state index contributed by atoms with van der Waals surface area (Å²) in [5, 5.41) is 0. The van der Waals surface area contributed by atoms with Crippen LogP contribution in [0.2, 0.25) is 0 Å². The first kappa shape index (κ1) is 22.3. The lowest BCUT2D eigenvalue weighted by molar-refractivity contribution is 0.0600. The second-order valence-corrected chi connectivity index (χ2v) is 8.43. The van der Waals surface area contributed by atoms with Crippen LogP contribution in [0, 0.1) is 6.92 Å². The van der Waals surface area contributed by atoms with Crippen LogP contribution in [0.25, 0.3) is 33.4 Å². The topological polar surface area (TPSA) is 79.0 Å². The van der Waals surface area contributed by atoms with Gasteiger partial charge in [-0.1, -0.05) is 48.0 Å². The monoisotopic (exact) mass is 464 g/mol. The molecule has 0 aliphatic carbocycles. The number of esters is 1. The lowest BCUT2D eigenvalue weighted by atomic mass is 9.99. The highest BCUT2D eigenvalue weighted by Gasteiger charge is 2.22. The Kier molecular flexibility index (Phi) is 5.74. The number of ether oxygens (including phenoxy) is 1. The third-order valence-electron chi connectivity index (χ3n) is 6.13. The lowest BCUT2D eigenvalue weighted by Crippen LogP contribution is -2.22. The first-order valence-electron chi connectivity index (χ1n) is 11.2. The molecular weight excluding hydrogens is 440 g/mol. The summed E-state index contributed by atoms with van der Waals surface area (Å²) in [6, 6.07) is 20.9. The fourth-order valence-corrected chi connectivity index (χ4v) is 4.37. The van der Waals surface area contributed by atoms with Gasteiger partial charge >= 0.3 is 5.97 Å². The van der Waals surface area contributed by atoms with E-state index in [1.165, 1.54) is 7.11 Å². The van der Waals surface area contributed by atoms with Crippen LogP contribution >= 0.6 is 0 Å². The molecule has 2 aromatic heterocycles. The minimum atomic E-state index is -0.393. The lowest BCUT2D eigenvalue weighted by Gasteiger charge is -2.12. The normalized spacial score (nSPS) is 11.1. The molecule has 0 aliphatic rings. The van der Waals surface area contributed by atoms with Crippen LogP contribution in [0.5, 0.6) is 0 Å². The number of hydrogen-bond acceptors (Lipinski definition) is 5. The molecule has 0 amide bonds. The molecule has 5 rings (SSSR count). The summed E-state index contributed by atoms with van der Waals surface area (Å²) >= 11 is 0. The van der Waals surface area contributed by atoms with Gasteiger partial charge in [-0.3, -0.25) is 19.4 Å². The molecule has 0 fully saturated rings. The average molecular weight is 465 g/mol. The number of carbonyl (C=O) groups excluding carboxylic acids is 1. The van der Waals surface area contributed by atoms with Crippen LogP contribution in [-0.4, -0.2) is 32.4 Å². The van der Waals surface area contributed by atoms with Crippen molar-refractivity contribution in [3.8, 4) is 22.4 Å². The van der Waals surface area contributed by atoms with Gasteiger partial charge in [0, 0.05) is 25.0 Å². The molecule has 35 heavy (non-hydrogen) atoms. The quantitative estimate of drug-likeness (QED) is 0.355. The van der Waals surface area contributed by atoms with Gasteiger partial charge in [0.2, 0.25) is 0 Å². The number of aromatic nitrogens is 4. The Labute approximate surface area is 202 Å². The molecule has 0 atom stereocenters. The summed E-state index contributed by atoms with van der Waals surface area (Å²) in [7, 11) is 3.24. The number of carbonyl (C=O) groups is 1. The van der Waals surface area contributed by atoms with Crippen molar-refractivity contribution in [2.24, 2.45) is 7.05 Å². The molecule has 7 nitrogen and oxygen atoms in total. The Morgan fingerprint density at radius 3 is 2.37 bits per heavy atom. The van der Waals surface area contributed by atoms with E-state index in [4.69, 9.17) is 4.74 Å². The molecular formula is C28H24N4O3. The van der Waals surface area contributed by atoms with Gasteiger partial charge < -0.3 is 4.74 Å². The minimum absolute atomic E-state index is 0.0932. The Balaban J connectivity index is 1.67. The summed E-state index contributed by atoms with van der Waals surface area (Å²) in [5.41, 5.74) is 7.08. The van der Waals surface area contributed by atoms with Gasteiger partial charge in [-0.25, -0.2) is 9.48 Å².